The predicted molar refractivity (Wildman–Crippen MR) is 94.1 cm³/mol. The van der Waals surface area contributed by atoms with Crippen molar-refractivity contribution >= 4 is 29.5 Å². The topological polar surface area (TPSA) is 105 Å². The molecule has 4 amide bonds. The molecule has 0 radical (unpaired) electrons. The molecule has 1 atom stereocenters. The van der Waals surface area contributed by atoms with E-state index < -0.39 is 47.1 Å². The van der Waals surface area contributed by atoms with Crippen LogP contribution in [-0.2, 0) is 19.1 Å². The molecule has 1 aliphatic heterocycles. The second-order valence-electron chi connectivity index (χ2n) is 6.86. The summed E-state index contributed by atoms with van der Waals surface area (Å²) in [6.45, 7) is 4.45. The Hall–Kier alpha value is -3.04. The lowest BCUT2D eigenvalue weighted by Crippen LogP contribution is -2.40. The minimum atomic E-state index is -1.24. The Bertz CT molecular complexity index is 812. The molecule has 0 aromatic heterocycles. The lowest BCUT2D eigenvalue weighted by molar-refractivity contribution is -0.153. The lowest BCUT2D eigenvalue weighted by Gasteiger charge is -2.16. The average molecular weight is 397 g/mol. The first kappa shape index (κ1) is 21.3. The molecule has 1 aromatic carbocycles. The summed E-state index contributed by atoms with van der Waals surface area (Å²) in [7, 11) is 0. The van der Waals surface area contributed by atoms with Gasteiger partial charge in [0.05, 0.1) is 5.69 Å². The van der Waals surface area contributed by atoms with Crippen LogP contribution in [0.3, 0.4) is 0 Å². The number of hydrogen-bond acceptors (Lipinski definition) is 5. The van der Waals surface area contributed by atoms with Gasteiger partial charge in [0.25, 0.3) is 11.8 Å². The van der Waals surface area contributed by atoms with Gasteiger partial charge in [-0.1, -0.05) is 0 Å². The second kappa shape index (κ2) is 8.32. The monoisotopic (exact) mass is 397 g/mol. The maximum absolute atomic E-state index is 13.5. The van der Waals surface area contributed by atoms with Crippen molar-refractivity contribution in [2.75, 3.05) is 11.9 Å². The van der Waals surface area contributed by atoms with Crippen LogP contribution in [0.1, 0.15) is 33.6 Å². The van der Waals surface area contributed by atoms with Crippen molar-refractivity contribution in [3.05, 3.63) is 29.8 Å². The number of amides is 4. The summed E-state index contributed by atoms with van der Waals surface area (Å²) in [5.74, 6) is -3.51. The highest BCUT2D eigenvalue weighted by Crippen LogP contribution is 2.18. The van der Waals surface area contributed by atoms with E-state index in [1.54, 1.807) is 13.8 Å². The largest absolute Gasteiger partial charge is 0.453 e. The number of halogens is 2. The standard InChI is InChI=1S/C18H21F2N3O5/c1-10(15(25)21-13-9-11(19)6-7-12(13)20)28-14(24)5-4-8-23-16(26)18(2,3)22-17(23)27/h6-7,9-10H,4-5,8H2,1-3H3,(H,21,25)(H,22,27)/t10-/m0/s1. The molecule has 8 nitrogen and oxygen atoms in total. The third kappa shape index (κ3) is 5.02. The molecule has 1 heterocycles. The van der Waals surface area contributed by atoms with E-state index in [2.05, 4.69) is 10.6 Å². The molecule has 1 aliphatic rings. The van der Waals surface area contributed by atoms with Gasteiger partial charge in [-0.2, -0.15) is 0 Å². The van der Waals surface area contributed by atoms with Gasteiger partial charge in [0.2, 0.25) is 0 Å². The Morgan fingerprint density at radius 2 is 1.96 bits per heavy atom. The average Bonchev–Trinajstić information content (AvgIpc) is 2.79. The molecule has 2 N–H and O–H groups in total. The van der Waals surface area contributed by atoms with Gasteiger partial charge < -0.3 is 15.4 Å². The molecule has 1 saturated heterocycles. The Balaban J connectivity index is 1.79. The normalized spacial score (nSPS) is 16.5. The van der Waals surface area contributed by atoms with Crippen LogP contribution < -0.4 is 10.6 Å². The van der Waals surface area contributed by atoms with Crippen molar-refractivity contribution in [3.63, 3.8) is 0 Å². The zero-order valence-electron chi connectivity index (χ0n) is 15.7. The summed E-state index contributed by atoms with van der Waals surface area (Å²) in [6.07, 6.45) is -1.23. The number of imide groups is 1. The summed E-state index contributed by atoms with van der Waals surface area (Å²) in [6, 6.07) is 2.04. The van der Waals surface area contributed by atoms with Crippen molar-refractivity contribution in [2.45, 2.75) is 45.3 Å². The van der Waals surface area contributed by atoms with Gasteiger partial charge in [-0.15, -0.1) is 0 Å². The number of rotatable bonds is 7. The van der Waals surface area contributed by atoms with E-state index in [9.17, 15) is 28.0 Å². The van der Waals surface area contributed by atoms with E-state index in [0.29, 0.717) is 0 Å². The zero-order chi connectivity index (χ0) is 21.1. The molecule has 0 bridgehead atoms. The highest BCUT2D eigenvalue weighted by Gasteiger charge is 2.43. The molecular weight excluding hydrogens is 376 g/mol. The molecule has 152 valence electrons. The van der Waals surface area contributed by atoms with Crippen LogP contribution in [0.5, 0.6) is 0 Å². The first-order valence-corrected chi connectivity index (χ1v) is 8.61. The quantitative estimate of drug-likeness (QED) is 0.541. The summed E-state index contributed by atoms with van der Waals surface area (Å²) in [4.78, 5) is 48.6. The van der Waals surface area contributed by atoms with Crippen LogP contribution in [0.25, 0.3) is 0 Å². The van der Waals surface area contributed by atoms with Gasteiger partial charge in [-0.25, -0.2) is 13.6 Å². The van der Waals surface area contributed by atoms with Gasteiger partial charge >= 0.3 is 12.0 Å². The SMILES string of the molecule is C[C@H](OC(=O)CCCN1C(=O)NC(C)(C)C1=O)C(=O)Nc1cc(F)ccc1F. The number of ether oxygens (including phenoxy) is 1. The van der Waals surface area contributed by atoms with Crippen molar-refractivity contribution in [2.24, 2.45) is 0 Å². The van der Waals surface area contributed by atoms with Gasteiger partial charge in [-0.05, 0) is 39.3 Å². The van der Waals surface area contributed by atoms with Crippen molar-refractivity contribution in [1.29, 1.82) is 0 Å². The first-order valence-electron chi connectivity index (χ1n) is 8.61. The minimum Gasteiger partial charge on any atom is -0.453 e. The molecule has 0 unspecified atom stereocenters. The summed E-state index contributed by atoms with van der Waals surface area (Å²) < 4.78 is 31.6. The molecule has 1 aromatic rings. The zero-order valence-corrected chi connectivity index (χ0v) is 15.7. The minimum absolute atomic E-state index is 0.0261. The molecule has 0 aliphatic carbocycles. The fraction of sp³-hybridized carbons (Fsp3) is 0.444. The number of benzene rings is 1. The van der Waals surface area contributed by atoms with Crippen molar-refractivity contribution in [3.8, 4) is 0 Å². The maximum Gasteiger partial charge on any atom is 0.325 e. The highest BCUT2D eigenvalue weighted by atomic mass is 19.1. The van der Waals surface area contributed by atoms with Crippen LogP contribution in [0.2, 0.25) is 0 Å². The number of carbonyl (C=O) groups is 4. The van der Waals surface area contributed by atoms with Crippen LogP contribution in [-0.4, -0.2) is 46.9 Å². The number of carbonyl (C=O) groups excluding carboxylic acids is 4. The van der Waals surface area contributed by atoms with Gasteiger partial charge in [0.15, 0.2) is 6.10 Å². The fourth-order valence-corrected chi connectivity index (χ4v) is 2.54. The molecule has 28 heavy (non-hydrogen) atoms. The third-order valence-corrected chi connectivity index (χ3v) is 4.07. The van der Waals surface area contributed by atoms with Crippen LogP contribution >= 0.6 is 0 Å². The highest BCUT2D eigenvalue weighted by molar-refractivity contribution is 6.06. The molecule has 0 spiro atoms. The van der Waals surface area contributed by atoms with E-state index in [1.807, 2.05) is 0 Å². The second-order valence-corrected chi connectivity index (χ2v) is 6.86. The van der Waals surface area contributed by atoms with E-state index in [4.69, 9.17) is 4.74 Å². The van der Waals surface area contributed by atoms with Crippen LogP contribution in [0, 0.1) is 11.6 Å². The molecule has 2 rings (SSSR count). The van der Waals surface area contributed by atoms with Crippen LogP contribution in [0.15, 0.2) is 18.2 Å². The number of esters is 1. The number of urea groups is 1. The first-order chi connectivity index (χ1) is 13.0. The van der Waals surface area contributed by atoms with Crippen molar-refractivity contribution < 1.29 is 32.7 Å². The van der Waals surface area contributed by atoms with E-state index in [0.717, 1.165) is 23.1 Å². The molecule has 0 saturated carbocycles. The predicted octanol–water partition coefficient (Wildman–Crippen LogP) is 1.95. The molecule has 10 heteroatoms. The van der Waals surface area contributed by atoms with E-state index in [-0.39, 0.29) is 25.1 Å². The Morgan fingerprint density at radius 3 is 2.57 bits per heavy atom. The smallest absolute Gasteiger partial charge is 0.325 e. The van der Waals surface area contributed by atoms with Crippen molar-refractivity contribution in [1.82, 2.24) is 10.2 Å². The Morgan fingerprint density at radius 1 is 1.29 bits per heavy atom. The summed E-state index contributed by atoms with van der Waals surface area (Å²) >= 11 is 0. The van der Waals surface area contributed by atoms with Gasteiger partial charge in [0, 0.05) is 19.0 Å². The van der Waals surface area contributed by atoms with E-state index >= 15 is 0 Å². The Kier molecular flexibility index (Phi) is 6.32. The van der Waals surface area contributed by atoms with Gasteiger partial charge in [-0.3, -0.25) is 19.3 Å². The number of nitrogens with zero attached hydrogens (tertiary/aromatic N) is 1. The molecule has 1 fully saturated rings. The fourth-order valence-electron chi connectivity index (χ4n) is 2.54. The van der Waals surface area contributed by atoms with Gasteiger partial charge in [0.1, 0.15) is 17.2 Å². The number of anilines is 1. The molecular formula is C18H21F2N3O5. The summed E-state index contributed by atoms with van der Waals surface area (Å²) in [5, 5.41) is 4.66. The third-order valence-electron chi connectivity index (χ3n) is 4.07. The Labute approximate surface area is 160 Å². The lowest BCUT2D eigenvalue weighted by atomic mass is 10.1. The van der Waals surface area contributed by atoms with Crippen LogP contribution in [0.4, 0.5) is 19.3 Å². The maximum atomic E-state index is 13.5. The van der Waals surface area contributed by atoms with E-state index in [1.165, 1.54) is 6.92 Å². The number of hydrogen-bond donors (Lipinski definition) is 2. The number of nitrogens with one attached hydrogen (secondary N) is 2. The summed E-state index contributed by atoms with van der Waals surface area (Å²) in [5.41, 5.74) is -1.36.